The Labute approximate surface area is 120 Å². The first-order valence-corrected chi connectivity index (χ1v) is 7.43. The zero-order valence-corrected chi connectivity index (χ0v) is 12.0. The monoisotopic (exact) mass is 274 g/mol. The third-order valence-electron chi connectivity index (χ3n) is 4.30. The van der Waals surface area contributed by atoms with Gasteiger partial charge in [0.25, 0.3) is 0 Å². The molecule has 0 saturated carbocycles. The molecule has 1 aromatic carbocycles. The summed E-state index contributed by atoms with van der Waals surface area (Å²) in [5.74, 6) is 0.230. The lowest BCUT2D eigenvalue weighted by Gasteiger charge is -2.27. The molecule has 0 aromatic heterocycles. The van der Waals surface area contributed by atoms with Crippen molar-refractivity contribution in [3.8, 4) is 0 Å². The van der Waals surface area contributed by atoms with Crippen LogP contribution in [0.15, 0.2) is 24.3 Å². The molecular formula is C16H22N2O2. The first-order chi connectivity index (χ1) is 9.55. The Morgan fingerprint density at radius 1 is 1.10 bits per heavy atom. The van der Waals surface area contributed by atoms with Crippen molar-refractivity contribution in [2.45, 2.75) is 38.2 Å². The van der Waals surface area contributed by atoms with Crippen LogP contribution in [0.1, 0.15) is 32.6 Å². The first kappa shape index (κ1) is 13.4. The van der Waals surface area contributed by atoms with Crippen molar-refractivity contribution in [1.29, 1.82) is 0 Å². The zero-order valence-electron chi connectivity index (χ0n) is 12.0. The largest absolute Gasteiger partial charge is 0.388 e. The second-order valence-corrected chi connectivity index (χ2v) is 6.19. The fraction of sp³-hybridized carbons (Fsp3) is 0.562. The maximum absolute atomic E-state index is 11.9. The van der Waals surface area contributed by atoms with Crippen LogP contribution in [-0.2, 0) is 4.79 Å². The van der Waals surface area contributed by atoms with Crippen LogP contribution in [0.5, 0.6) is 0 Å². The summed E-state index contributed by atoms with van der Waals surface area (Å²) < 4.78 is 0. The van der Waals surface area contributed by atoms with Gasteiger partial charge in [-0.2, -0.15) is 0 Å². The quantitative estimate of drug-likeness (QED) is 0.899. The number of β-amino-alcohol motifs (C(OH)–C–C–N with tert-alkyl or cyclic N) is 1. The Morgan fingerprint density at radius 3 is 2.40 bits per heavy atom. The van der Waals surface area contributed by atoms with Gasteiger partial charge in [0.15, 0.2) is 0 Å². The number of anilines is 2. The van der Waals surface area contributed by atoms with Gasteiger partial charge < -0.3 is 14.9 Å². The summed E-state index contributed by atoms with van der Waals surface area (Å²) >= 11 is 0. The molecule has 3 rings (SSSR count). The van der Waals surface area contributed by atoms with Gasteiger partial charge in [-0.05, 0) is 50.5 Å². The lowest BCUT2D eigenvalue weighted by atomic mass is 10.1. The van der Waals surface area contributed by atoms with E-state index in [0.717, 1.165) is 43.7 Å². The lowest BCUT2D eigenvalue weighted by molar-refractivity contribution is -0.119. The second kappa shape index (κ2) is 5.09. The van der Waals surface area contributed by atoms with Crippen molar-refractivity contribution < 1.29 is 9.90 Å². The van der Waals surface area contributed by atoms with Crippen LogP contribution in [-0.4, -0.2) is 36.2 Å². The van der Waals surface area contributed by atoms with E-state index in [0.29, 0.717) is 13.0 Å². The number of nitrogens with zero attached hydrogens (tertiary/aromatic N) is 2. The summed E-state index contributed by atoms with van der Waals surface area (Å²) in [6.07, 6.45) is 3.56. The van der Waals surface area contributed by atoms with Gasteiger partial charge in [-0.15, -0.1) is 0 Å². The molecule has 1 N–H and O–H groups in total. The summed E-state index contributed by atoms with van der Waals surface area (Å²) in [5.41, 5.74) is 1.53. The number of hydrogen-bond donors (Lipinski definition) is 1. The highest BCUT2D eigenvalue weighted by molar-refractivity contribution is 5.94. The molecule has 4 nitrogen and oxygen atoms in total. The maximum Gasteiger partial charge on any atom is 0.226 e. The molecule has 2 heterocycles. The number of carbonyl (C=O) groups is 1. The van der Waals surface area contributed by atoms with Crippen LogP contribution in [0.2, 0.25) is 0 Å². The van der Waals surface area contributed by atoms with E-state index in [-0.39, 0.29) is 5.91 Å². The van der Waals surface area contributed by atoms with Crippen molar-refractivity contribution in [2.75, 3.05) is 29.4 Å². The molecule has 1 unspecified atom stereocenters. The van der Waals surface area contributed by atoms with Crippen molar-refractivity contribution in [3.63, 3.8) is 0 Å². The molecule has 4 heteroatoms. The first-order valence-electron chi connectivity index (χ1n) is 7.43. The molecule has 0 aliphatic carbocycles. The third kappa shape index (κ3) is 2.66. The average Bonchev–Trinajstić information content (AvgIpc) is 2.80. The summed E-state index contributed by atoms with van der Waals surface area (Å²) in [4.78, 5) is 16.0. The number of amides is 1. The van der Waals surface area contributed by atoms with Crippen molar-refractivity contribution >= 4 is 17.3 Å². The summed E-state index contributed by atoms with van der Waals surface area (Å²) in [6.45, 7) is 4.27. The molecular weight excluding hydrogens is 252 g/mol. The van der Waals surface area contributed by atoms with E-state index in [9.17, 15) is 9.90 Å². The molecule has 0 spiro atoms. The number of hydrogen-bond acceptors (Lipinski definition) is 3. The van der Waals surface area contributed by atoms with E-state index in [4.69, 9.17) is 0 Å². The summed E-state index contributed by atoms with van der Waals surface area (Å²) in [7, 11) is 0. The van der Waals surface area contributed by atoms with E-state index in [1.54, 1.807) is 0 Å². The molecule has 2 aliphatic heterocycles. The smallest absolute Gasteiger partial charge is 0.226 e. The van der Waals surface area contributed by atoms with Crippen LogP contribution < -0.4 is 9.80 Å². The predicted octanol–water partition coefficient (Wildman–Crippen LogP) is 2.16. The second-order valence-electron chi connectivity index (χ2n) is 6.19. The van der Waals surface area contributed by atoms with Gasteiger partial charge in [-0.25, -0.2) is 0 Å². The van der Waals surface area contributed by atoms with Crippen molar-refractivity contribution in [3.05, 3.63) is 24.3 Å². The Bertz CT molecular complexity index is 496. The molecule has 2 fully saturated rings. The average molecular weight is 274 g/mol. The lowest BCUT2D eigenvalue weighted by Crippen LogP contribution is -2.35. The summed E-state index contributed by atoms with van der Waals surface area (Å²) in [6, 6.07) is 8.15. The fourth-order valence-corrected chi connectivity index (χ4v) is 3.09. The Morgan fingerprint density at radius 2 is 1.80 bits per heavy atom. The minimum Gasteiger partial charge on any atom is -0.388 e. The zero-order chi connectivity index (χ0) is 14.2. The standard InChI is InChI=1S/C16H22N2O2/c1-16(20)9-11-17(12-16)13-5-7-14(8-6-13)18-10-3-2-4-15(18)19/h5-8,20H,2-4,9-12H2,1H3. The summed E-state index contributed by atoms with van der Waals surface area (Å²) in [5, 5.41) is 10.0. The highest BCUT2D eigenvalue weighted by Crippen LogP contribution is 2.29. The Hall–Kier alpha value is -1.55. The number of carbonyl (C=O) groups excluding carboxylic acids is 1. The van der Waals surface area contributed by atoms with Gasteiger partial charge in [0.1, 0.15) is 0 Å². The van der Waals surface area contributed by atoms with E-state index in [1.807, 2.05) is 24.0 Å². The van der Waals surface area contributed by atoms with Crippen molar-refractivity contribution in [1.82, 2.24) is 0 Å². The van der Waals surface area contributed by atoms with E-state index >= 15 is 0 Å². The van der Waals surface area contributed by atoms with Crippen LogP contribution in [0, 0.1) is 0 Å². The molecule has 20 heavy (non-hydrogen) atoms. The van der Waals surface area contributed by atoms with Crippen LogP contribution >= 0.6 is 0 Å². The van der Waals surface area contributed by atoms with Gasteiger partial charge in [0.05, 0.1) is 5.60 Å². The van der Waals surface area contributed by atoms with Gasteiger partial charge in [-0.1, -0.05) is 0 Å². The molecule has 0 radical (unpaired) electrons. The van der Waals surface area contributed by atoms with Crippen LogP contribution in [0.25, 0.3) is 0 Å². The number of benzene rings is 1. The van der Waals surface area contributed by atoms with E-state index in [2.05, 4.69) is 17.0 Å². The van der Waals surface area contributed by atoms with E-state index in [1.165, 1.54) is 0 Å². The Balaban J connectivity index is 1.73. The molecule has 1 amide bonds. The molecule has 2 aliphatic rings. The SMILES string of the molecule is CC1(O)CCN(c2ccc(N3CCCCC3=O)cc2)C1. The number of piperidine rings is 1. The van der Waals surface area contributed by atoms with Gasteiger partial charge in [0.2, 0.25) is 5.91 Å². The van der Waals surface area contributed by atoms with E-state index < -0.39 is 5.60 Å². The normalized spacial score (nSPS) is 27.2. The number of aliphatic hydroxyl groups is 1. The maximum atomic E-state index is 11.9. The van der Waals surface area contributed by atoms with Crippen molar-refractivity contribution in [2.24, 2.45) is 0 Å². The minimum absolute atomic E-state index is 0.230. The minimum atomic E-state index is -0.582. The topological polar surface area (TPSA) is 43.8 Å². The fourth-order valence-electron chi connectivity index (χ4n) is 3.09. The van der Waals surface area contributed by atoms with Crippen LogP contribution in [0.3, 0.4) is 0 Å². The Kier molecular flexibility index (Phi) is 3.42. The molecule has 108 valence electrons. The predicted molar refractivity (Wildman–Crippen MR) is 80.1 cm³/mol. The van der Waals surface area contributed by atoms with Gasteiger partial charge >= 0.3 is 0 Å². The highest BCUT2D eigenvalue weighted by Gasteiger charge is 2.31. The molecule has 1 atom stereocenters. The number of rotatable bonds is 2. The highest BCUT2D eigenvalue weighted by atomic mass is 16.3. The van der Waals surface area contributed by atoms with Gasteiger partial charge in [-0.3, -0.25) is 4.79 Å². The van der Waals surface area contributed by atoms with Gasteiger partial charge in [0, 0.05) is 37.4 Å². The van der Waals surface area contributed by atoms with Crippen LogP contribution in [0.4, 0.5) is 11.4 Å². The molecule has 0 bridgehead atoms. The molecule has 2 saturated heterocycles. The third-order valence-corrected chi connectivity index (χ3v) is 4.30. The molecule has 1 aromatic rings.